The molecule has 0 radical (unpaired) electrons. The SMILES string of the molecule is CC(=O)Nc1nc(CC(=O)N2CCN(c3cccc(Cl)c3Cl)CC2)cs1. The summed E-state index contributed by atoms with van der Waals surface area (Å²) in [6.45, 7) is 4.05. The van der Waals surface area contributed by atoms with Crippen LogP contribution in [0.15, 0.2) is 23.6 Å². The lowest BCUT2D eigenvalue weighted by Gasteiger charge is -2.36. The summed E-state index contributed by atoms with van der Waals surface area (Å²) in [5, 5.41) is 6.01. The zero-order chi connectivity index (χ0) is 18.7. The normalized spacial score (nSPS) is 14.4. The number of aromatic nitrogens is 1. The number of hydrogen-bond donors (Lipinski definition) is 1. The average Bonchev–Trinajstić information content (AvgIpc) is 3.03. The molecule has 1 aliphatic rings. The van der Waals surface area contributed by atoms with Crippen LogP contribution in [0.25, 0.3) is 0 Å². The minimum Gasteiger partial charge on any atom is -0.367 e. The van der Waals surface area contributed by atoms with Crippen LogP contribution >= 0.6 is 34.5 Å². The van der Waals surface area contributed by atoms with Crippen LogP contribution in [-0.4, -0.2) is 47.9 Å². The van der Waals surface area contributed by atoms with E-state index < -0.39 is 0 Å². The van der Waals surface area contributed by atoms with Crippen LogP contribution in [0.1, 0.15) is 12.6 Å². The summed E-state index contributed by atoms with van der Waals surface area (Å²) < 4.78 is 0. The zero-order valence-corrected chi connectivity index (χ0v) is 16.5. The van der Waals surface area contributed by atoms with Crippen LogP contribution in [0.5, 0.6) is 0 Å². The first kappa shape index (κ1) is 18.9. The highest BCUT2D eigenvalue weighted by molar-refractivity contribution is 7.13. The van der Waals surface area contributed by atoms with E-state index in [1.165, 1.54) is 18.3 Å². The minimum atomic E-state index is -0.173. The number of amides is 2. The molecule has 0 atom stereocenters. The molecule has 1 fully saturated rings. The molecule has 1 aromatic carbocycles. The van der Waals surface area contributed by atoms with Gasteiger partial charge in [-0.2, -0.15) is 0 Å². The first-order valence-corrected chi connectivity index (χ1v) is 9.76. The molecule has 0 bridgehead atoms. The van der Waals surface area contributed by atoms with E-state index in [4.69, 9.17) is 23.2 Å². The highest BCUT2D eigenvalue weighted by atomic mass is 35.5. The van der Waals surface area contributed by atoms with Gasteiger partial charge >= 0.3 is 0 Å². The van der Waals surface area contributed by atoms with Gasteiger partial charge in [-0.25, -0.2) is 4.98 Å². The highest BCUT2D eigenvalue weighted by Crippen LogP contribution is 2.32. The summed E-state index contributed by atoms with van der Waals surface area (Å²) >= 11 is 13.7. The molecule has 2 aromatic rings. The fourth-order valence-electron chi connectivity index (χ4n) is 2.80. The van der Waals surface area contributed by atoms with Crippen LogP contribution in [0.4, 0.5) is 10.8 Å². The molecule has 1 saturated heterocycles. The number of hydrogen-bond acceptors (Lipinski definition) is 5. The number of thiazole rings is 1. The van der Waals surface area contributed by atoms with Crippen molar-refractivity contribution in [2.75, 3.05) is 36.4 Å². The van der Waals surface area contributed by atoms with E-state index in [2.05, 4.69) is 15.2 Å². The molecule has 138 valence electrons. The Bertz CT molecular complexity index is 819. The van der Waals surface area contributed by atoms with Crippen LogP contribution in [0.2, 0.25) is 10.0 Å². The van der Waals surface area contributed by atoms with E-state index in [0.717, 1.165) is 5.69 Å². The molecule has 6 nitrogen and oxygen atoms in total. The van der Waals surface area contributed by atoms with Crippen molar-refractivity contribution in [3.05, 3.63) is 39.3 Å². The lowest BCUT2D eigenvalue weighted by atomic mass is 10.2. The summed E-state index contributed by atoms with van der Waals surface area (Å²) in [6.07, 6.45) is 0.230. The summed E-state index contributed by atoms with van der Waals surface area (Å²) in [4.78, 5) is 31.8. The smallest absolute Gasteiger partial charge is 0.228 e. The standard InChI is InChI=1S/C17H18Cl2N4O2S/c1-11(24)20-17-21-12(10-26-17)9-15(25)23-7-5-22(6-8-23)14-4-2-3-13(18)16(14)19/h2-4,10H,5-9H2,1H3,(H,20,21,24). The maximum Gasteiger partial charge on any atom is 0.228 e. The van der Waals surface area contributed by atoms with Gasteiger partial charge in [-0.05, 0) is 12.1 Å². The van der Waals surface area contributed by atoms with Gasteiger partial charge in [-0.15, -0.1) is 11.3 Å². The largest absolute Gasteiger partial charge is 0.367 e. The number of carbonyl (C=O) groups excluding carboxylic acids is 2. The van der Waals surface area contributed by atoms with Crippen molar-refractivity contribution < 1.29 is 9.59 Å². The van der Waals surface area contributed by atoms with Gasteiger partial charge in [0.05, 0.1) is 27.8 Å². The Morgan fingerprint density at radius 2 is 1.96 bits per heavy atom. The Morgan fingerprint density at radius 1 is 1.23 bits per heavy atom. The molecular formula is C17H18Cl2N4O2S. The number of carbonyl (C=O) groups is 2. The first-order chi connectivity index (χ1) is 12.4. The minimum absolute atomic E-state index is 0.0292. The molecule has 2 heterocycles. The van der Waals surface area contributed by atoms with Gasteiger partial charge in [0, 0.05) is 38.5 Å². The number of halogens is 2. The number of rotatable bonds is 4. The van der Waals surface area contributed by atoms with Gasteiger partial charge in [0.15, 0.2) is 5.13 Å². The van der Waals surface area contributed by atoms with Crippen LogP contribution in [-0.2, 0) is 16.0 Å². The molecule has 0 spiro atoms. The Balaban J connectivity index is 1.56. The second kappa shape index (κ2) is 8.24. The third-order valence-electron chi connectivity index (χ3n) is 4.07. The highest BCUT2D eigenvalue weighted by Gasteiger charge is 2.23. The second-order valence-electron chi connectivity index (χ2n) is 5.94. The number of nitrogens with zero attached hydrogens (tertiary/aromatic N) is 3. The van der Waals surface area contributed by atoms with Crippen molar-refractivity contribution in [3.8, 4) is 0 Å². The van der Waals surface area contributed by atoms with E-state index in [1.54, 1.807) is 11.4 Å². The number of piperazine rings is 1. The van der Waals surface area contributed by atoms with Gasteiger partial charge in [0.2, 0.25) is 11.8 Å². The molecule has 9 heteroatoms. The van der Waals surface area contributed by atoms with Crippen molar-refractivity contribution >= 4 is 57.2 Å². The molecule has 0 aliphatic carbocycles. The molecular weight excluding hydrogens is 395 g/mol. The van der Waals surface area contributed by atoms with Crippen molar-refractivity contribution in [1.82, 2.24) is 9.88 Å². The van der Waals surface area contributed by atoms with E-state index >= 15 is 0 Å². The Morgan fingerprint density at radius 3 is 2.65 bits per heavy atom. The molecule has 2 amide bonds. The third kappa shape index (κ3) is 4.47. The van der Waals surface area contributed by atoms with Gasteiger partial charge < -0.3 is 15.1 Å². The molecule has 1 N–H and O–H groups in total. The van der Waals surface area contributed by atoms with Gasteiger partial charge in [0.1, 0.15) is 0 Å². The van der Waals surface area contributed by atoms with Crippen molar-refractivity contribution in [2.45, 2.75) is 13.3 Å². The Hall–Kier alpha value is -1.83. The lowest BCUT2D eigenvalue weighted by Crippen LogP contribution is -2.49. The number of anilines is 2. The molecule has 1 aromatic heterocycles. The van der Waals surface area contributed by atoms with Crippen molar-refractivity contribution in [2.24, 2.45) is 0 Å². The van der Waals surface area contributed by atoms with E-state index in [9.17, 15) is 9.59 Å². The maximum atomic E-state index is 12.5. The quantitative estimate of drug-likeness (QED) is 0.836. The average molecular weight is 413 g/mol. The fourth-order valence-corrected chi connectivity index (χ4v) is 3.97. The number of nitrogens with one attached hydrogen (secondary N) is 1. The van der Waals surface area contributed by atoms with Crippen LogP contribution in [0, 0.1) is 0 Å². The topological polar surface area (TPSA) is 65.5 Å². The summed E-state index contributed by atoms with van der Waals surface area (Å²) in [7, 11) is 0. The van der Waals surface area contributed by atoms with Crippen molar-refractivity contribution in [1.29, 1.82) is 0 Å². The monoisotopic (exact) mass is 412 g/mol. The Kier molecular flexibility index (Phi) is 6.01. The fraction of sp³-hybridized carbons (Fsp3) is 0.353. The van der Waals surface area contributed by atoms with E-state index in [0.29, 0.717) is 47.0 Å². The van der Waals surface area contributed by atoms with E-state index in [-0.39, 0.29) is 18.2 Å². The van der Waals surface area contributed by atoms with Gasteiger partial charge in [-0.1, -0.05) is 29.3 Å². The lowest BCUT2D eigenvalue weighted by molar-refractivity contribution is -0.130. The van der Waals surface area contributed by atoms with Crippen LogP contribution < -0.4 is 10.2 Å². The van der Waals surface area contributed by atoms with Gasteiger partial charge in [0.25, 0.3) is 0 Å². The molecule has 0 unspecified atom stereocenters. The zero-order valence-electron chi connectivity index (χ0n) is 14.2. The number of benzene rings is 1. The summed E-state index contributed by atoms with van der Waals surface area (Å²) in [5.74, 6) is -0.144. The first-order valence-electron chi connectivity index (χ1n) is 8.13. The molecule has 26 heavy (non-hydrogen) atoms. The predicted octanol–water partition coefficient (Wildman–Crippen LogP) is 3.30. The predicted molar refractivity (Wildman–Crippen MR) is 105 cm³/mol. The summed E-state index contributed by atoms with van der Waals surface area (Å²) in [5.41, 5.74) is 1.56. The molecule has 3 rings (SSSR count). The van der Waals surface area contributed by atoms with Crippen LogP contribution in [0.3, 0.4) is 0 Å². The molecule has 1 aliphatic heterocycles. The third-order valence-corrected chi connectivity index (χ3v) is 5.69. The Labute approximate surface area is 165 Å². The maximum absolute atomic E-state index is 12.5. The van der Waals surface area contributed by atoms with Gasteiger partial charge in [-0.3, -0.25) is 9.59 Å². The second-order valence-corrected chi connectivity index (χ2v) is 7.59. The van der Waals surface area contributed by atoms with E-state index in [1.807, 2.05) is 17.0 Å². The van der Waals surface area contributed by atoms with Crippen molar-refractivity contribution in [3.63, 3.8) is 0 Å². The molecule has 0 saturated carbocycles. The summed E-state index contributed by atoms with van der Waals surface area (Å²) in [6, 6.07) is 5.57.